The third-order valence-electron chi connectivity index (χ3n) is 4.60. The monoisotopic (exact) mass is 432 g/mol. The van der Waals surface area contributed by atoms with Gasteiger partial charge in [0.2, 0.25) is 0 Å². The van der Waals surface area contributed by atoms with Gasteiger partial charge in [0.15, 0.2) is 0 Å². The molecule has 3 aromatic carbocycles. The molecule has 164 valence electrons. The van der Waals surface area contributed by atoms with Crippen molar-refractivity contribution >= 4 is 23.7 Å². The molecule has 0 aromatic heterocycles. The van der Waals surface area contributed by atoms with Crippen LogP contribution >= 0.6 is 0 Å². The number of anilines is 1. The van der Waals surface area contributed by atoms with Gasteiger partial charge in [-0.3, -0.25) is 9.59 Å². The predicted molar refractivity (Wildman–Crippen MR) is 121 cm³/mol. The minimum atomic E-state index is -0.797. The molecule has 3 rings (SSSR count). The van der Waals surface area contributed by atoms with Crippen molar-refractivity contribution in [2.45, 2.75) is 20.4 Å². The van der Waals surface area contributed by atoms with Crippen molar-refractivity contribution in [2.24, 2.45) is 0 Å². The Morgan fingerprint density at radius 2 is 1.44 bits per heavy atom. The molecule has 0 spiro atoms. The number of carbonyl (C=O) groups excluding carboxylic acids is 3. The summed E-state index contributed by atoms with van der Waals surface area (Å²) in [6, 6.07) is 20.7. The lowest BCUT2D eigenvalue weighted by Crippen LogP contribution is -2.24. The Bertz CT molecular complexity index is 1090. The van der Waals surface area contributed by atoms with Gasteiger partial charge in [-0.15, -0.1) is 0 Å². The Balaban J connectivity index is 1.61. The van der Waals surface area contributed by atoms with Crippen LogP contribution in [0, 0.1) is 6.92 Å². The van der Waals surface area contributed by atoms with Gasteiger partial charge in [0.05, 0.1) is 6.61 Å². The first-order valence-corrected chi connectivity index (χ1v) is 10.1. The highest BCUT2D eigenvalue weighted by atomic mass is 16.7. The van der Waals surface area contributed by atoms with Crippen molar-refractivity contribution < 1.29 is 23.9 Å². The van der Waals surface area contributed by atoms with Gasteiger partial charge in [-0.2, -0.15) is 0 Å². The summed E-state index contributed by atoms with van der Waals surface area (Å²) in [6.45, 7) is 4.08. The van der Waals surface area contributed by atoms with Crippen LogP contribution in [0.3, 0.4) is 0 Å². The van der Waals surface area contributed by atoms with E-state index in [0.717, 1.165) is 11.1 Å². The van der Waals surface area contributed by atoms with Crippen LogP contribution in [0.2, 0.25) is 0 Å². The van der Waals surface area contributed by atoms with E-state index in [1.165, 1.54) is 12.1 Å². The lowest BCUT2D eigenvalue weighted by molar-refractivity contribution is 0.0950. The molecule has 0 unspecified atom stereocenters. The van der Waals surface area contributed by atoms with Crippen molar-refractivity contribution in [3.63, 3.8) is 0 Å². The van der Waals surface area contributed by atoms with Gasteiger partial charge in [-0.05, 0) is 61.9 Å². The molecule has 7 nitrogen and oxygen atoms in total. The molecule has 3 aromatic rings. The van der Waals surface area contributed by atoms with Crippen molar-refractivity contribution in [2.75, 3.05) is 11.9 Å². The fourth-order valence-corrected chi connectivity index (χ4v) is 2.89. The maximum Gasteiger partial charge on any atom is 0.513 e. The molecule has 0 radical (unpaired) electrons. The molecule has 32 heavy (non-hydrogen) atoms. The van der Waals surface area contributed by atoms with Gasteiger partial charge in [-0.1, -0.05) is 35.9 Å². The van der Waals surface area contributed by atoms with E-state index in [4.69, 9.17) is 9.47 Å². The summed E-state index contributed by atoms with van der Waals surface area (Å²) in [6.07, 6.45) is -0.797. The molecule has 2 N–H and O–H groups in total. The maximum absolute atomic E-state index is 12.5. The van der Waals surface area contributed by atoms with Gasteiger partial charge in [0.25, 0.3) is 11.8 Å². The number of carbonyl (C=O) groups is 3. The van der Waals surface area contributed by atoms with E-state index >= 15 is 0 Å². The Labute approximate surface area is 186 Å². The second-order valence-electron chi connectivity index (χ2n) is 6.97. The molecule has 0 aliphatic rings. The first kappa shape index (κ1) is 22.6. The van der Waals surface area contributed by atoms with E-state index < -0.39 is 6.16 Å². The van der Waals surface area contributed by atoms with Gasteiger partial charge < -0.3 is 20.1 Å². The SMILES string of the molecule is CCOC(=O)Oc1ccc(C(=O)NCc2ccccc2NC(=O)c2ccc(C)cc2)cc1. The van der Waals surface area contributed by atoms with Crippen LogP contribution in [-0.4, -0.2) is 24.6 Å². The zero-order chi connectivity index (χ0) is 22.9. The van der Waals surface area contributed by atoms with E-state index in [0.29, 0.717) is 16.8 Å². The molecule has 0 aliphatic heterocycles. The molecule has 2 amide bonds. The lowest BCUT2D eigenvalue weighted by atomic mass is 10.1. The Morgan fingerprint density at radius 3 is 2.12 bits per heavy atom. The Morgan fingerprint density at radius 1 is 0.812 bits per heavy atom. The summed E-state index contributed by atoms with van der Waals surface area (Å²) in [5, 5.41) is 5.73. The van der Waals surface area contributed by atoms with Crippen LogP contribution in [-0.2, 0) is 11.3 Å². The number of rotatable bonds is 7. The molecule has 0 bridgehead atoms. The van der Waals surface area contributed by atoms with Gasteiger partial charge in [0, 0.05) is 23.4 Å². The molecule has 7 heteroatoms. The Hall–Kier alpha value is -4.13. The molecular formula is C25H24N2O5. The second kappa shape index (κ2) is 10.8. The highest BCUT2D eigenvalue weighted by Crippen LogP contribution is 2.17. The van der Waals surface area contributed by atoms with Crippen LogP contribution in [0.4, 0.5) is 10.5 Å². The highest BCUT2D eigenvalue weighted by molar-refractivity contribution is 6.04. The largest absolute Gasteiger partial charge is 0.513 e. The van der Waals surface area contributed by atoms with Crippen LogP contribution in [0.25, 0.3) is 0 Å². The first-order chi connectivity index (χ1) is 15.5. The quantitative estimate of drug-likeness (QED) is 0.416. The summed E-state index contributed by atoms with van der Waals surface area (Å²) in [5.41, 5.74) is 3.42. The molecule has 0 atom stereocenters. The normalized spacial score (nSPS) is 10.2. The van der Waals surface area contributed by atoms with Crippen molar-refractivity contribution in [3.8, 4) is 5.75 Å². The fraction of sp³-hybridized carbons (Fsp3) is 0.160. The number of hydrogen-bond donors (Lipinski definition) is 2. The Kier molecular flexibility index (Phi) is 7.59. The average Bonchev–Trinajstić information content (AvgIpc) is 2.79. The van der Waals surface area contributed by atoms with E-state index in [1.54, 1.807) is 37.3 Å². The number of ether oxygens (including phenoxy) is 2. The third kappa shape index (κ3) is 6.18. The molecule has 0 fully saturated rings. The molecule has 0 saturated heterocycles. The number of benzene rings is 3. The maximum atomic E-state index is 12.5. The summed E-state index contributed by atoms with van der Waals surface area (Å²) in [7, 11) is 0. The number of nitrogens with one attached hydrogen (secondary N) is 2. The highest BCUT2D eigenvalue weighted by Gasteiger charge is 2.11. The molecule has 0 saturated carbocycles. The topological polar surface area (TPSA) is 93.7 Å². The summed E-state index contributed by atoms with van der Waals surface area (Å²) in [5.74, 6) is -0.238. The summed E-state index contributed by atoms with van der Waals surface area (Å²) < 4.78 is 9.69. The van der Waals surface area contributed by atoms with Crippen molar-refractivity contribution in [1.29, 1.82) is 0 Å². The van der Waals surface area contributed by atoms with Gasteiger partial charge in [0.1, 0.15) is 5.75 Å². The third-order valence-corrected chi connectivity index (χ3v) is 4.60. The lowest BCUT2D eigenvalue weighted by Gasteiger charge is -2.12. The summed E-state index contributed by atoms with van der Waals surface area (Å²) in [4.78, 5) is 36.4. The molecular weight excluding hydrogens is 408 g/mol. The minimum absolute atomic E-state index is 0.215. The fourth-order valence-electron chi connectivity index (χ4n) is 2.89. The number of amides is 2. The zero-order valence-electron chi connectivity index (χ0n) is 17.9. The van der Waals surface area contributed by atoms with E-state index in [1.807, 2.05) is 37.3 Å². The van der Waals surface area contributed by atoms with Crippen molar-refractivity contribution in [3.05, 3.63) is 95.1 Å². The van der Waals surface area contributed by atoms with Crippen LogP contribution in [0.5, 0.6) is 5.75 Å². The van der Waals surface area contributed by atoms with Crippen LogP contribution < -0.4 is 15.4 Å². The van der Waals surface area contributed by atoms with E-state index in [9.17, 15) is 14.4 Å². The van der Waals surface area contributed by atoms with Crippen LogP contribution in [0.15, 0.2) is 72.8 Å². The van der Waals surface area contributed by atoms with E-state index in [-0.39, 0.29) is 30.7 Å². The van der Waals surface area contributed by atoms with E-state index in [2.05, 4.69) is 10.6 Å². The predicted octanol–water partition coefficient (Wildman–Crippen LogP) is 4.71. The van der Waals surface area contributed by atoms with Crippen molar-refractivity contribution in [1.82, 2.24) is 5.32 Å². The number of para-hydroxylation sites is 1. The second-order valence-corrected chi connectivity index (χ2v) is 6.97. The average molecular weight is 432 g/mol. The van der Waals surface area contributed by atoms with Crippen LogP contribution in [0.1, 0.15) is 38.8 Å². The van der Waals surface area contributed by atoms with Gasteiger partial charge >= 0.3 is 6.16 Å². The zero-order valence-corrected chi connectivity index (χ0v) is 17.9. The minimum Gasteiger partial charge on any atom is -0.434 e. The standard InChI is InChI=1S/C25H24N2O5/c1-3-31-25(30)32-21-14-12-18(13-15-21)23(28)26-16-20-6-4-5-7-22(20)27-24(29)19-10-8-17(2)9-11-19/h4-15H,3,16H2,1-2H3,(H,26,28)(H,27,29). The number of aryl methyl sites for hydroxylation is 1. The smallest absolute Gasteiger partial charge is 0.434 e. The molecule has 0 heterocycles. The summed E-state index contributed by atoms with van der Waals surface area (Å²) >= 11 is 0. The number of hydrogen-bond acceptors (Lipinski definition) is 5. The molecule has 0 aliphatic carbocycles. The first-order valence-electron chi connectivity index (χ1n) is 10.1. The van der Waals surface area contributed by atoms with Gasteiger partial charge in [-0.25, -0.2) is 4.79 Å².